The predicted molar refractivity (Wildman–Crippen MR) is 134 cm³/mol. The molecule has 0 aromatic heterocycles. The molecule has 0 radical (unpaired) electrons. The van der Waals surface area contributed by atoms with Crippen molar-refractivity contribution in [3.63, 3.8) is 0 Å². The Morgan fingerprint density at radius 2 is 1.70 bits per heavy atom. The van der Waals surface area contributed by atoms with E-state index in [0.29, 0.717) is 16.9 Å². The molecule has 2 heterocycles. The van der Waals surface area contributed by atoms with Gasteiger partial charge in [-0.1, -0.05) is 12.1 Å². The molecule has 0 amide bonds. The normalized spacial score (nSPS) is 33.4. The van der Waals surface area contributed by atoms with Gasteiger partial charge < -0.3 is 54.0 Å². The Morgan fingerprint density at radius 3 is 2.33 bits per heavy atom. The Kier molecular flexibility index (Phi) is 9.58. The maximum atomic E-state index is 12.7. The number of hydrogen-bond donors (Lipinski definition) is 5. The van der Waals surface area contributed by atoms with Crippen molar-refractivity contribution >= 4 is 18.0 Å². The van der Waals surface area contributed by atoms with Gasteiger partial charge in [-0.15, -0.1) is 0 Å². The van der Waals surface area contributed by atoms with E-state index in [1.54, 1.807) is 24.3 Å². The number of methoxy groups -OCH3 is 2. The monoisotopic (exact) mass is 564 g/mol. The third-order valence-electron chi connectivity index (χ3n) is 7.03. The highest BCUT2D eigenvalue weighted by Crippen LogP contribution is 2.45. The maximum absolute atomic E-state index is 12.7. The van der Waals surface area contributed by atoms with Crippen LogP contribution in [0.3, 0.4) is 0 Å². The molecule has 0 saturated carbocycles. The third-order valence-corrected chi connectivity index (χ3v) is 7.03. The first-order valence-electron chi connectivity index (χ1n) is 12.5. The number of ether oxygens (including phenoxy) is 6. The van der Waals surface area contributed by atoms with Gasteiger partial charge in [-0.3, -0.25) is 0 Å². The van der Waals surface area contributed by atoms with Crippen molar-refractivity contribution in [2.24, 2.45) is 11.8 Å². The van der Waals surface area contributed by atoms with Crippen LogP contribution in [0, 0.1) is 11.8 Å². The molecule has 4 rings (SSSR count). The molecule has 2 aliphatic heterocycles. The molecule has 1 aromatic rings. The van der Waals surface area contributed by atoms with Crippen molar-refractivity contribution < 1.29 is 63.5 Å². The van der Waals surface area contributed by atoms with Crippen molar-refractivity contribution in [3.8, 4) is 5.75 Å². The second-order valence-corrected chi connectivity index (χ2v) is 9.36. The number of hydrogen-bond acceptors (Lipinski definition) is 13. The molecule has 40 heavy (non-hydrogen) atoms. The fourth-order valence-corrected chi connectivity index (χ4v) is 4.93. The highest BCUT2D eigenvalue weighted by atomic mass is 16.8. The van der Waals surface area contributed by atoms with Gasteiger partial charge in [0, 0.05) is 12.0 Å². The van der Waals surface area contributed by atoms with Crippen LogP contribution >= 0.6 is 0 Å². The summed E-state index contributed by atoms with van der Waals surface area (Å²) < 4.78 is 32.5. The topological polar surface area (TPSA) is 191 Å². The molecule has 0 bridgehead atoms. The minimum absolute atomic E-state index is 0.0118. The van der Waals surface area contributed by atoms with Gasteiger partial charge in [0.1, 0.15) is 36.3 Å². The van der Waals surface area contributed by atoms with Crippen molar-refractivity contribution in [2.75, 3.05) is 27.4 Å². The molecule has 1 saturated heterocycles. The molecule has 9 atom stereocenters. The van der Waals surface area contributed by atoms with Crippen LogP contribution in [0.4, 0.5) is 0 Å². The second kappa shape index (κ2) is 12.9. The number of rotatable bonds is 9. The number of carbonyl (C=O) groups is 2. The van der Waals surface area contributed by atoms with E-state index in [2.05, 4.69) is 0 Å². The third kappa shape index (κ3) is 6.05. The van der Waals surface area contributed by atoms with E-state index in [0.717, 1.165) is 6.26 Å². The van der Waals surface area contributed by atoms with Crippen LogP contribution in [0.25, 0.3) is 6.08 Å². The van der Waals surface area contributed by atoms with Crippen molar-refractivity contribution in [2.45, 2.75) is 43.1 Å². The lowest BCUT2D eigenvalue weighted by Gasteiger charge is -2.43. The number of fused-ring (bicyclic) bond motifs is 1. The molecule has 1 aliphatic carbocycles. The summed E-state index contributed by atoms with van der Waals surface area (Å²) in [5.74, 6) is -2.64. The van der Waals surface area contributed by atoms with Crippen molar-refractivity contribution in [1.29, 1.82) is 0 Å². The van der Waals surface area contributed by atoms with E-state index in [-0.39, 0.29) is 5.57 Å². The number of benzene rings is 1. The fourth-order valence-electron chi connectivity index (χ4n) is 4.93. The molecule has 3 aliphatic rings. The molecule has 0 spiro atoms. The molecule has 218 valence electrons. The first kappa shape index (κ1) is 29.7. The average molecular weight is 565 g/mol. The SMILES string of the molecule is COC(=O)C1=CO[C@@H](O[C@@H]2O[C@H](CO)[C@@H](O)[C@H](O)[C@H]2O)[C@H]2C(CO)=C[C@@H](OC(=O)/C=C\c3ccc(OC)cc3)[C@@H]12. The second-order valence-electron chi connectivity index (χ2n) is 9.36. The van der Waals surface area contributed by atoms with Crippen molar-refractivity contribution in [1.82, 2.24) is 0 Å². The summed E-state index contributed by atoms with van der Waals surface area (Å²) in [6.07, 6.45) is -4.82. The highest BCUT2D eigenvalue weighted by Gasteiger charge is 2.53. The fraction of sp³-hybridized carbons (Fsp3) is 0.481. The van der Waals surface area contributed by atoms with E-state index in [4.69, 9.17) is 28.4 Å². The standard InChI is InChI=1S/C27H32O13/c1-35-15-6-3-13(4-7-15)5-8-19(30)38-17-9-14(10-28)20-21(17)16(25(34)36-2)12-37-26(20)40-27-24(33)23(32)22(31)18(11-29)39-27/h3-9,12,17-18,20-24,26-29,31-33H,10-11H2,1-2H3/b8-5-/t17-,18-,20+,21-,22-,23+,24-,26+,27+/m1/s1. The summed E-state index contributed by atoms with van der Waals surface area (Å²) in [6.45, 7) is -1.18. The van der Waals surface area contributed by atoms with Crippen molar-refractivity contribution in [3.05, 3.63) is 59.4 Å². The Hall–Kier alpha value is -3.30. The number of aliphatic hydroxyl groups is 5. The van der Waals surface area contributed by atoms with E-state index >= 15 is 0 Å². The minimum Gasteiger partial charge on any atom is -0.497 e. The number of carbonyl (C=O) groups excluding carboxylic acids is 2. The first-order valence-corrected chi connectivity index (χ1v) is 12.5. The summed E-state index contributed by atoms with van der Waals surface area (Å²) in [7, 11) is 2.71. The minimum atomic E-state index is -1.72. The molecule has 1 fully saturated rings. The molecular weight excluding hydrogens is 532 g/mol. The van der Waals surface area contributed by atoms with Crippen LogP contribution in [0.2, 0.25) is 0 Å². The van der Waals surface area contributed by atoms with Gasteiger partial charge >= 0.3 is 11.9 Å². The summed E-state index contributed by atoms with van der Waals surface area (Å²) in [5, 5.41) is 50.2. The highest BCUT2D eigenvalue weighted by molar-refractivity contribution is 5.90. The van der Waals surface area contributed by atoms with Gasteiger partial charge in [-0.25, -0.2) is 9.59 Å². The van der Waals surface area contributed by atoms with Gasteiger partial charge in [-0.2, -0.15) is 0 Å². The smallest absolute Gasteiger partial charge is 0.337 e. The van der Waals surface area contributed by atoms with E-state index in [1.807, 2.05) is 0 Å². The molecule has 0 unspecified atom stereocenters. The Labute approximate surface area is 229 Å². The molecule has 1 aromatic carbocycles. The Balaban J connectivity index is 1.55. The lowest BCUT2D eigenvalue weighted by molar-refractivity contribution is -0.340. The summed E-state index contributed by atoms with van der Waals surface area (Å²) in [4.78, 5) is 25.3. The molecule has 13 heteroatoms. The van der Waals surface area contributed by atoms with Crippen LogP contribution in [0.1, 0.15) is 5.56 Å². The summed E-state index contributed by atoms with van der Waals surface area (Å²) >= 11 is 0. The first-order chi connectivity index (χ1) is 19.2. The van der Waals surface area contributed by atoms with Gasteiger partial charge in [0.2, 0.25) is 6.29 Å². The molecular formula is C27H32O13. The predicted octanol–water partition coefficient (Wildman–Crippen LogP) is -0.985. The van der Waals surface area contributed by atoms with Crippen LogP contribution in [0.5, 0.6) is 5.75 Å². The lowest BCUT2D eigenvalue weighted by Crippen LogP contribution is -2.60. The Bertz CT molecular complexity index is 1140. The van der Waals surface area contributed by atoms with E-state index in [1.165, 1.54) is 32.4 Å². The van der Waals surface area contributed by atoms with E-state index in [9.17, 15) is 35.1 Å². The zero-order valence-electron chi connectivity index (χ0n) is 21.7. The molecule has 13 nitrogen and oxygen atoms in total. The van der Waals surface area contributed by atoms with Gasteiger partial charge in [0.15, 0.2) is 6.29 Å². The van der Waals surface area contributed by atoms with Crippen LogP contribution < -0.4 is 4.74 Å². The average Bonchev–Trinajstić information content (AvgIpc) is 3.34. The lowest BCUT2D eigenvalue weighted by atomic mass is 9.82. The quantitative estimate of drug-likeness (QED) is 0.140. The zero-order valence-corrected chi connectivity index (χ0v) is 21.7. The van der Waals surface area contributed by atoms with E-state index < -0.39 is 80.1 Å². The van der Waals surface area contributed by atoms with Gasteiger partial charge in [0.05, 0.1) is 45.2 Å². The maximum Gasteiger partial charge on any atom is 0.337 e. The largest absolute Gasteiger partial charge is 0.497 e. The number of esters is 2. The van der Waals surface area contributed by atoms with Gasteiger partial charge in [-0.05, 0) is 35.4 Å². The zero-order chi connectivity index (χ0) is 29.0. The van der Waals surface area contributed by atoms with Crippen LogP contribution in [-0.4, -0.2) is 108 Å². The summed E-state index contributed by atoms with van der Waals surface area (Å²) in [5.41, 5.74) is 1.03. The van der Waals surface area contributed by atoms with Crippen LogP contribution in [-0.2, 0) is 33.3 Å². The number of aliphatic hydroxyl groups excluding tert-OH is 5. The molecule has 5 N–H and O–H groups in total. The van der Waals surface area contributed by atoms with Gasteiger partial charge in [0.25, 0.3) is 0 Å². The Morgan fingerprint density at radius 1 is 0.975 bits per heavy atom. The summed E-state index contributed by atoms with van der Waals surface area (Å²) in [6, 6.07) is 6.95. The van der Waals surface area contributed by atoms with Crippen LogP contribution in [0.15, 0.2) is 53.8 Å².